The number of rotatable bonds is 5. The molecular weight excluding hydrogens is 393 g/mol. The van der Waals surface area contributed by atoms with Crippen LogP contribution in [0.15, 0.2) is 65.5 Å². The van der Waals surface area contributed by atoms with Crippen molar-refractivity contribution >= 4 is 5.69 Å². The second-order valence-corrected chi connectivity index (χ2v) is 7.95. The van der Waals surface area contributed by atoms with Crippen molar-refractivity contribution in [1.82, 2.24) is 9.47 Å². The summed E-state index contributed by atoms with van der Waals surface area (Å²) in [5, 5.41) is 10.8. The molecule has 6 heteroatoms. The molecule has 5 nitrogen and oxygen atoms in total. The third kappa shape index (κ3) is 4.21. The summed E-state index contributed by atoms with van der Waals surface area (Å²) in [7, 11) is 0. The third-order valence-electron chi connectivity index (χ3n) is 6.10. The molecule has 2 heterocycles. The maximum atomic E-state index is 13.3. The molecule has 3 aromatic rings. The van der Waals surface area contributed by atoms with E-state index >= 15 is 0 Å². The Morgan fingerprint density at radius 3 is 2.26 bits per heavy atom. The number of anilines is 1. The Hall–Kier alpha value is -3.12. The van der Waals surface area contributed by atoms with Crippen LogP contribution in [0.3, 0.4) is 0 Å². The number of benzene rings is 2. The Labute approximate surface area is 182 Å². The molecule has 1 unspecified atom stereocenters. The van der Waals surface area contributed by atoms with Gasteiger partial charge in [-0.15, -0.1) is 0 Å². The third-order valence-corrected chi connectivity index (χ3v) is 6.10. The summed E-state index contributed by atoms with van der Waals surface area (Å²) in [5.41, 5.74) is 3.01. The molecule has 1 N–H and O–H groups in total. The number of piperazine rings is 1. The molecule has 1 atom stereocenters. The first kappa shape index (κ1) is 21.1. The number of aryl methyl sites for hydroxylation is 1. The fourth-order valence-electron chi connectivity index (χ4n) is 4.50. The van der Waals surface area contributed by atoms with E-state index in [-0.39, 0.29) is 23.2 Å². The zero-order valence-electron chi connectivity index (χ0n) is 18.0. The highest BCUT2D eigenvalue weighted by atomic mass is 19.1. The molecule has 31 heavy (non-hydrogen) atoms. The Kier molecular flexibility index (Phi) is 6.09. The van der Waals surface area contributed by atoms with Crippen molar-refractivity contribution in [1.29, 1.82) is 0 Å². The number of hydrogen-bond acceptors (Lipinski definition) is 4. The second kappa shape index (κ2) is 8.94. The number of aromatic nitrogens is 1. The lowest BCUT2D eigenvalue weighted by Gasteiger charge is -2.40. The van der Waals surface area contributed by atoms with Gasteiger partial charge in [0.25, 0.3) is 5.56 Å². The van der Waals surface area contributed by atoms with Gasteiger partial charge in [0.1, 0.15) is 11.6 Å². The topological polar surface area (TPSA) is 48.7 Å². The minimum Gasteiger partial charge on any atom is -0.507 e. The second-order valence-electron chi connectivity index (χ2n) is 7.95. The minimum atomic E-state index is -0.331. The van der Waals surface area contributed by atoms with E-state index in [1.54, 1.807) is 22.8 Å². The fraction of sp³-hybridized carbons (Fsp3) is 0.320. The number of pyridine rings is 1. The van der Waals surface area contributed by atoms with Crippen molar-refractivity contribution in [3.8, 4) is 5.75 Å². The summed E-state index contributed by atoms with van der Waals surface area (Å²) in [6.07, 6.45) is 0. The van der Waals surface area contributed by atoms with Crippen LogP contribution in [0.25, 0.3) is 0 Å². The van der Waals surface area contributed by atoms with Crippen LogP contribution in [0.1, 0.15) is 29.8 Å². The maximum absolute atomic E-state index is 13.3. The number of aromatic hydroxyl groups is 1. The van der Waals surface area contributed by atoms with Crippen LogP contribution in [-0.2, 0) is 6.54 Å². The first-order valence-corrected chi connectivity index (χ1v) is 10.7. The molecule has 162 valence electrons. The van der Waals surface area contributed by atoms with Crippen molar-refractivity contribution in [2.75, 3.05) is 31.1 Å². The molecule has 0 amide bonds. The van der Waals surface area contributed by atoms with Crippen LogP contribution in [0.2, 0.25) is 0 Å². The van der Waals surface area contributed by atoms with Crippen LogP contribution >= 0.6 is 0 Å². The number of nitrogens with zero attached hydrogens (tertiary/aromatic N) is 3. The summed E-state index contributed by atoms with van der Waals surface area (Å²) in [6.45, 7) is 7.28. The Morgan fingerprint density at radius 2 is 1.65 bits per heavy atom. The molecule has 0 bridgehead atoms. The van der Waals surface area contributed by atoms with Gasteiger partial charge in [-0.2, -0.15) is 0 Å². The van der Waals surface area contributed by atoms with Crippen LogP contribution in [0, 0.1) is 12.7 Å². The molecule has 1 aliphatic rings. The zero-order chi connectivity index (χ0) is 22.0. The normalized spacial score (nSPS) is 15.8. The molecule has 0 saturated carbocycles. The highest BCUT2D eigenvalue weighted by molar-refractivity contribution is 5.47. The zero-order valence-corrected chi connectivity index (χ0v) is 18.0. The van der Waals surface area contributed by atoms with Gasteiger partial charge in [0, 0.05) is 44.1 Å². The molecular formula is C25H28FN3O2. The van der Waals surface area contributed by atoms with Crippen LogP contribution < -0.4 is 10.5 Å². The molecule has 2 aromatic carbocycles. The smallest absolute Gasteiger partial charge is 0.259 e. The lowest BCUT2D eigenvalue weighted by molar-refractivity contribution is 0.207. The molecule has 1 saturated heterocycles. The molecule has 0 aliphatic carbocycles. The maximum Gasteiger partial charge on any atom is 0.259 e. The van der Waals surface area contributed by atoms with Crippen molar-refractivity contribution in [2.45, 2.75) is 26.4 Å². The van der Waals surface area contributed by atoms with E-state index in [1.165, 1.54) is 12.1 Å². The fourth-order valence-corrected chi connectivity index (χ4v) is 4.50. The van der Waals surface area contributed by atoms with E-state index < -0.39 is 0 Å². The van der Waals surface area contributed by atoms with Crippen molar-refractivity contribution < 1.29 is 9.50 Å². The first-order valence-electron chi connectivity index (χ1n) is 10.7. The van der Waals surface area contributed by atoms with Gasteiger partial charge < -0.3 is 14.6 Å². The molecule has 0 radical (unpaired) electrons. The van der Waals surface area contributed by atoms with Gasteiger partial charge in [-0.25, -0.2) is 4.39 Å². The van der Waals surface area contributed by atoms with Gasteiger partial charge in [-0.05, 0) is 49.7 Å². The number of halogens is 1. The summed E-state index contributed by atoms with van der Waals surface area (Å²) >= 11 is 0. The predicted octanol–water partition coefficient (Wildman–Crippen LogP) is 3.93. The van der Waals surface area contributed by atoms with Gasteiger partial charge >= 0.3 is 0 Å². The first-order chi connectivity index (χ1) is 15.0. The molecule has 1 aromatic heterocycles. The van der Waals surface area contributed by atoms with E-state index in [9.17, 15) is 14.3 Å². The van der Waals surface area contributed by atoms with Crippen molar-refractivity contribution in [3.05, 3.63) is 93.7 Å². The van der Waals surface area contributed by atoms with Gasteiger partial charge in [-0.3, -0.25) is 9.69 Å². The summed E-state index contributed by atoms with van der Waals surface area (Å²) in [6, 6.07) is 17.8. The van der Waals surface area contributed by atoms with E-state index in [0.717, 1.165) is 43.1 Å². The largest absolute Gasteiger partial charge is 0.507 e. The standard InChI is InChI=1S/C25H28FN3O2/c1-3-29-18(2)17-22(30)23(25(29)31)24(19-7-5-4-6-8-19)28-15-13-27(14-16-28)21-11-9-20(26)10-12-21/h4-12,17,24,30H,3,13-16H2,1-2H3. The van der Waals surface area contributed by atoms with Crippen LogP contribution in [0.4, 0.5) is 10.1 Å². The number of hydrogen-bond donors (Lipinski definition) is 1. The quantitative estimate of drug-likeness (QED) is 0.678. The van der Waals surface area contributed by atoms with Crippen molar-refractivity contribution in [3.63, 3.8) is 0 Å². The average Bonchev–Trinajstić information content (AvgIpc) is 2.78. The van der Waals surface area contributed by atoms with Gasteiger partial charge in [0.2, 0.25) is 0 Å². The molecule has 4 rings (SSSR count). The highest BCUT2D eigenvalue weighted by Gasteiger charge is 2.31. The van der Waals surface area contributed by atoms with Gasteiger partial charge in [0.05, 0.1) is 11.6 Å². The monoisotopic (exact) mass is 421 g/mol. The predicted molar refractivity (Wildman–Crippen MR) is 121 cm³/mol. The Morgan fingerprint density at radius 1 is 1.00 bits per heavy atom. The van der Waals surface area contributed by atoms with Gasteiger partial charge in [-0.1, -0.05) is 30.3 Å². The van der Waals surface area contributed by atoms with Gasteiger partial charge in [0.15, 0.2) is 0 Å². The minimum absolute atomic E-state index is 0.0435. The van der Waals surface area contributed by atoms with E-state index in [1.807, 2.05) is 44.2 Å². The molecule has 1 fully saturated rings. The Bertz CT molecular complexity index is 1090. The molecule has 1 aliphatic heterocycles. The molecule has 0 spiro atoms. The highest BCUT2D eigenvalue weighted by Crippen LogP contribution is 2.33. The SMILES string of the molecule is CCn1c(C)cc(O)c(C(c2ccccc2)N2CCN(c3ccc(F)cc3)CC2)c1=O. The average molecular weight is 422 g/mol. The summed E-state index contributed by atoms with van der Waals surface area (Å²) in [5.74, 6) is -0.199. The van der Waals surface area contributed by atoms with Crippen LogP contribution in [-0.4, -0.2) is 40.8 Å². The summed E-state index contributed by atoms with van der Waals surface area (Å²) < 4.78 is 15.0. The van der Waals surface area contributed by atoms with E-state index in [0.29, 0.717) is 12.1 Å². The lowest BCUT2D eigenvalue weighted by atomic mass is 9.96. The van der Waals surface area contributed by atoms with E-state index in [4.69, 9.17) is 0 Å². The van der Waals surface area contributed by atoms with Crippen molar-refractivity contribution in [2.24, 2.45) is 0 Å². The lowest BCUT2D eigenvalue weighted by Crippen LogP contribution is -2.49. The van der Waals surface area contributed by atoms with Crippen LogP contribution in [0.5, 0.6) is 5.75 Å². The Balaban J connectivity index is 1.69. The summed E-state index contributed by atoms with van der Waals surface area (Å²) in [4.78, 5) is 17.8. The van der Waals surface area contributed by atoms with E-state index in [2.05, 4.69) is 9.80 Å².